The van der Waals surface area contributed by atoms with Gasteiger partial charge in [-0.1, -0.05) is 13.8 Å². The fourth-order valence-electron chi connectivity index (χ4n) is 1.91. The Balaban J connectivity index is 2.60. The van der Waals surface area contributed by atoms with Crippen LogP contribution in [0.3, 0.4) is 0 Å². The Hall–Kier alpha value is -0.370. The van der Waals surface area contributed by atoms with E-state index in [0.29, 0.717) is 18.1 Å². The van der Waals surface area contributed by atoms with E-state index in [1.54, 1.807) is 0 Å². The summed E-state index contributed by atoms with van der Waals surface area (Å²) in [5.41, 5.74) is 0. The zero-order chi connectivity index (χ0) is 8.43. The van der Waals surface area contributed by atoms with Crippen molar-refractivity contribution >= 4 is 5.78 Å². The van der Waals surface area contributed by atoms with Gasteiger partial charge in [-0.2, -0.15) is 0 Å². The van der Waals surface area contributed by atoms with Crippen molar-refractivity contribution in [3.05, 3.63) is 0 Å². The van der Waals surface area contributed by atoms with Crippen molar-refractivity contribution in [1.82, 2.24) is 4.90 Å². The summed E-state index contributed by atoms with van der Waals surface area (Å²) in [6.45, 7) is 5.19. The molecule has 0 amide bonds. The van der Waals surface area contributed by atoms with E-state index in [4.69, 9.17) is 0 Å². The number of nitrogens with zero attached hydrogens (tertiary/aromatic N) is 1. The normalized spacial score (nSPS) is 32.6. The van der Waals surface area contributed by atoms with Crippen molar-refractivity contribution in [2.24, 2.45) is 5.92 Å². The smallest absolute Gasteiger partial charge is 0.149 e. The largest absolute Gasteiger partial charge is 0.298 e. The molecule has 0 saturated carbocycles. The number of hydrogen-bond acceptors (Lipinski definition) is 2. The summed E-state index contributed by atoms with van der Waals surface area (Å²) in [5, 5.41) is 0. The van der Waals surface area contributed by atoms with E-state index in [9.17, 15) is 4.79 Å². The maximum absolute atomic E-state index is 11.4. The summed E-state index contributed by atoms with van der Waals surface area (Å²) in [4.78, 5) is 13.6. The Bertz CT molecular complexity index is 146. The molecule has 2 nitrogen and oxygen atoms in total. The zero-order valence-corrected chi connectivity index (χ0v) is 7.63. The van der Waals surface area contributed by atoms with Crippen LogP contribution < -0.4 is 0 Å². The molecule has 0 bridgehead atoms. The number of rotatable bonds is 2. The van der Waals surface area contributed by atoms with Gasteiger partial charge in [-0.3, -0.25) is 9.69 Å². The van der Waals surface area contributed by atoms with E-state index in [2.05, 4.69) is 11.8 Å². The molecule has 0 aliphatic carbocycles. The van der Waals surface area contributed by atoms with E-state index < -0.39 is 0 Å². The number of Topliss-reactive ketones (excluding diaryl/α,β-unsaturated/α-hetero) is 1. The highest BCUT2D eigenvalue weighted by Crippen LogP contribution is 2.23. The second-order valence-corrected chi connectivity index (χ2v) is 3.51. The Kier molecular flexibility index (Phi) is 2.66. The number of hydrogen-bond donors (Lipinski definition) is 0. The van der Waals surface area contributed by atoms with Gasteiger partial charge in [0, 0.05) is 6.42 Å². The number of carbonyl (C=O) groups is 1. The third-order valence-corrected chi connectivity index (χ3v) is 2.63. The van der Waals surface area contributed by atoms with Crippen LogP contribution in [0.1, 0.15) is 26.7 Å². The minimum absolute atomic E-state index is 0.208. The molecule has 0 aromatic heterocycles. The Morgan fingerprint density at radius 2 is 2.27 bits per heavy atom. The SMILES string of the molecule is CCC(=O)C1C(C)CCN1C. The number of ketones is 1. The summed E-state index contributed by atoms with van der Waals surface area (Å²) in [7, 11) is 2.04. The van der Waals surface area contributed by atoms with E-state index in [0.717, 1.165) is 6.54 Å². The molecule has 2 unspecified atom stereocenters. The highest BCUT2D eigenvalue weighted by molar-refractivity contribution is 5.84. The van der Waals surface area contributed by atoms with Gasteiger partial charge in [-0.15, -0.1) is 0 Å². The maximum atomic E-state index is 11.4. The molecule has 11 heavy (non-hydrogen) atoms. The molecule has 1 aliphatic rings. The third-order valence-electron chi connectivity index (χ3n) is 2.63. The van der Waals surface area contributed by atoms with Crippen LogP contribution in [0.5, 0.6) is 0 Å². The average Bonchev–Trinajstić information content (AvgIpc) is 2.30. The first-order chi connectivity index (χ1) is 5.16. The molecule has 0 aromatic carbocycles. The molecule has 1 rings (SSSR count). The molecule has 1 saturated heterocycles. The summed E-state index contributed by atoms with van der Waals surface area (Å²) in [6.07, 6.45) is 1.85. The summed E-state index contributed by atoms with van der Waals surface area (Å²) >= 11 is 0. The van der Waals surface area contributed by atoms with E-state index in [1.807, 2.05) is 14.0 Å². The standard InChI is InChI=1S/C9H17NO/c1-4-8(11)9-7(2)5-6-10(9)3/h7,9H,4-6H2,1-3H3. The van der Waals surface area contributed by atoms with Crippen LogP contribution in [0.4, 0.5) is 0 Å². The van der Waals surface area contributed by atoms with Gasteiger partial charge in [0.1, 0.15) is 5.78 Å². The minimum Gasteiger partial charge on any atom is -0.298 e. The molecular weight excluding hydrogens is 138 g/mol. The lowest BCUT2D eigenvalue weighted by atomic mass is 9.98. The number of carbonyl (C=O) groups excluding carboxylic acids is 1. The van der Waals surface area contributed by atoms with Gasteiger partial charge in [0.05, 0.1) is 6.04 Å². The van der Waals surface area contributed by atoms with Gasteiger partial charge in [0.25, 0.3) is 0 Å². The molecule has 64 valence electrons. The minimum atomic E-state index is 0.208. The van der Waals surface area contributed by atoms with Crippen LogP contribution in [-0.4, -0.2) is 30.3 Å². The summed E-state index contributed by atoms with van der Waals surface area (Å²) in [5.74, 6) is 0.963. The van der Waals surface area contributed by atoms with Crippen molar-refractivity contribution in [3.63, 3.8) is 0 Å². The second-order valence-electron chi connectivity index (χ2n) is 3.51. The molecular formula is C9H17NO. The molecule has 0 aromatic rings. The van der Waals surface area contributed by atoms with Gasteiger partial charge < -0.3 is 0 Å². The van der Waals surface area contributed by atoms with Crippen molar-refractivity contribution in [2.75, 3.05) is 13.6 Å². The van der Waals surface area contributed by atoms with Crippen molar-refractivity contribution in [3.8, 4) is 0 Å². The number of likely N-dealkylation sites (N-methyl/N-ethyl adjacent to an activating group) is 1. The third kappa shape index (κ3) is 1.62. The van der Waals surface area contributed by atoms with Crippen LogP contribution in [0.15, 0.2) is 0 Å². The van der Waals surface area contributed by atoms with Gasteiger partial charge in [0.2, 0.25) is 0 Å². The predicted molar refractivity (Wildman–Crippen MR) is 45.5 cm³/mol. The van der Waals surface area contributed by atoms with Gasteiger partial charge in [-0.05, 0) is 25.9 Å². The van der Waals surface area contributed by atoms with Crippen molar-refractivity contribution < 1.29 is 4.79 Å². The van der Waals surface area contributed by atoms with Crippen LogP contribution in [0.25, 0.3) is 0 Å². The maximum Gasteiger partial charge on any atom is 0.149 e. The number of likely N-dealkylation sites (tertiary alicyclic amines) is 1. The van der Waals surface area contributed by atoms with Gasteiger partial charge in [0.15, 0.2) is 0 Å². The molecule has 0 N–H and O–H groups in total. The Labute approximate surface area is 68.6 Å². The molecule has 2 heteroatoms. The van der Waals surface area contributed by atoms with Crippen LogP contribution in [-0.2, 0) is 4.79 Å². The van der Waals surface area contributed by atoms with E-state index in [1.165, 1.54) is 6.42 Å². The lowest BCUT2D eigenvalue weighted by Gasteiger charge is -2.20. The van der Waals surface area contributed by atoms with E-state index in [-0.39, 0.29) is 6.04 Å². The molecule has 1 fully saturated rings. The van der Waals surface area contributed by atoms with Crippen LogP contribution in [0, 0.1) is 5.92 Å². The lowest BCUT2D eigenvalue weighted by Crippen LogP contribution is -2.35. The highest BCUT2D eigenvalue weighted by Gasteiger charge is 2.32. The quantitative estimate of drug-likeness (QED) is 0.599. The molecule has 1 aliphatic heterocycles. The lowest BCUT2D eigenvalue weighted by molar-refractivity contribution is -0.123. The van der Waals surface area contributed by atoms with Crippen LogP contribution in [0.2, 0.25) is 0 Å². The van der Waals surface area contributed by atoms with Gasteiger partial charge >= 0.3 is 0 Å². The summed E-state index contributed by atoms with van der Waals surface area (Å²) in [6, 6.07) is 0.208. The van der Waals surface area contributed by atoms with Crippen molar-refractivity contribution in [1.29, 1.82) is 0 Å². The molecule has 0 spiro atoms. The first-order valence-corrected chi connectivity index (χ1v) is 4.39. The van der Waals surface area contributed by atoms with E-state index >= 15 is 0 Å². The molecule has 0 radical (unpaired) electrons. The average molecular weight is 155 g/mol. The topological polar surface area (TPSA) is 20.3 Å². The molecule has 2 atom stereocenters. The fraction of sp³-hybridized carbons (Fsp3) is 0.889. The second kappa shape index (κ2) is 3.35. The van der Waals surface area contributed by atoms with Crippen LogP contribution >= 0.6 is 0 Å². The van der Waals surface area contributed by atoms with Crippen molar-refractivity contribution in [2.45, 2.75) is 32.7 Å². The summed E-state index contributed by atoms with van der Waals surface area (Å²) < 4.78 is 0. The zero-order valence-electron chi connectivity index (χ0n) is 7.63. The Morgan fingerprint density at radius 1 is 1.64 bits per heavy atom. The first kappa shape index (κ1) is 8.72. The highest BCUT2D eigenvalue weighted by atomic mass is 16.1. The first-order valence-electron chi connectivity index (χ1n) is 4.39. The van der Waals surface area contributed by atoms with Gasteiger partial charge in [-0.25, -0.2) is 0 Å². The monoisotopic (exact) mass is 155 g/mol. The molecule has 1 heterocycles. The Morgan fingerprint density at radius 3 is 2.64 bits per heavy atom. The fourth-order valence-corrected chi connectivity index (χ4v) is 1.91. The predicted octanol–water partition coefficient (Wildman–Crippen LogP) is 1.31.